The Balaban J connectivity index is 2.59. The molecule has 2 aromatic rings. The molecule has 0 atom stereocenters. The molecule has 0 saturated heterocycles. The zero-order valence-corrected chi connectivity index (χ0v) is 11.5. The maximum Gasteiger partial charge on any atom is 0.142 e. The number of hydrogen-bond acceptors (Lipinski definition) is 1. The number of hydrogen-bond donors (Lipinski definition) is 0. The average Bonchev–Trinajstić information content (AvgIpc) is 2.49. The third-order valence-corrected chi connectivity index (χ3v) is 3.08. The van der Waals surface area contributed by atoms with Crippen LogP contribution < -0.4 is 0 Å². The van der Waals surface area contributed by atoms with Crippen LogP contribution in [-0.2, 0) is 4.79 Å². The van der Waals surface area contributed by atoms with Gasteiger partial charge in [0.05, 0.1) is 0 Å². The van der Waals surface area contributed by atoms with E-state index in [-0.39, 0.29) is 11.6 Å². The molecule has 0 amide bonds. The van der Waals surface area contributed by atoms with Crippen LogP contribution in [0.15, 0.2) is 66.3 Å². The number of halogens is 2. The van der Waals surface area contributed by atoms with Crippen molar-refractivity contribution in [3.63, 3.8) is 0 Å². The van der Waals surface area contributed by atoms with E-state index in [4.69, 9.17) is 0 Å². The van der Waals surface area contributed by atoms with Gasteiger partial charge in [-0.15, -0.1) is 0 Å². The standard InChI is InChI=1S/C18H14F2O/c1-13(3-2-12-21)18(14-4-8-16(19)9-5-14)15-6-10-17(20)11-7-15/h2-12H,1H3/b3-2+. The SMILES string of the molecule is CC(/C=C/C=O)=C(c1ccc(F)cc1)c1ccc(F)cc1. The summed E-state index contributed by atoms with van der Waals surface area (Å²) in [5.41, 5.74) is 3.26. The zero-order valence-electron chi connectivity index (χ0n) is 11.5. The van der Waals surface area contributed by atoms with Crippen LogP contribution in [0.2, 0.25) is 0 Å². The van der Waals surface area contributed by atoms with Gasteiger partial charge >= 0.3 is 0 Å². The van der Waals surface area contributed by atoms with Gasteiger partial charge in [0.1, 0.15) is 17.9 Å². The largest absolute Gasteiger partial charge is 0.299 e. The summed E-state index contributed by atoms with van der Waals surface area (Å²) < 4.78 is 26.2. The van der Waals surface area contributed by atoms with E-state index < -0.39 is 0 Å². The lowest BCUT2D eigenvalue weighted by Crippen LogP contribution is -1.92. The molecule has 2 aromatic carbocycles. The molecule has 0 spiro atoms. The Bertz CT molecular complexity index is 633. The first kappa shape index (κ1) is 14.9. The zero-order chi connectivity index (χ0) is 15.2. The van der Waals surface area contributed by atoms with Gasteiger partial charge in [-0.2, -0.15) is 0 Å². The van der Waals surface area contributed by atoms with E-state index in [0.717, 1.165) is 22.3 Å². The summed E-state index contributed by atoms with van der Waals surface area (Å²) >= 11 is 0. The normalized spacial score (nSPS) is 10.6. The minimum atomic E-state index is -0.321. The number of allylic oxidation sites excluding steroid dienone is 3. The highest BCUT2D eigenvalue weighted by atomic mass is 19.1. The van der Waals surface area contributed by atoms with Gasteiger partial charge in [0.25, 0.3) is 0 Å². The van der Waals surface area contributed by atoms with Crippen LogP contribution in [0.25, 0.3) is 5.57 Å². The van der Waals surface area contributed by atoms with Crippen LogP contribution in [0.3, 0.4) is 0 Å². The summed E-state index contributed by atoms with van der Waals surface area (Å²) in [5.74, 6) is -0.642. The third kappa shape index (κ3) is 3.72. The van der Waals surface area contributed by atoms with Crippen LogP contribution in [0.5, 0.6) is 0 Å². The second-order valence-electron chi connectivity index (χ2n) is 4.57. The monoisotopic (exact) mass is 284 g/mol. The first-order valence-electron chi connectivity index (χ1n) is 6.46. The van der Waals surface area contributed by atoms with Crippen LogP contribution in [0.1, 0.15) is 18.1 Å². The highest BCUT2D eigenvalue weighted by Gasteiger charge is 2.08. The smallest absolute Gasteiger partial charge is 0.142 e. The Morgan fingerprint density at radius 2 is 1.29 bits per heavy atom. The van der Waals surface area contributed by atoms with E-state index in [2.05, 4.69) is 0 Å². The molecular weight excluding hydrogens is 270 g/mol. The molecule has 0 aliphatic carbocycles. The van der Waals surface area contributed by atoms with Gasteiger partial charge in [-0.3, -0.25) is 4.79 Å². The topological polar surface area (TPSA) is 17.1 Å². The molecule has 0 saturated carbocycles. The van der Waals surface area contributed by atoms with E-state index in [0.29, 0.717) is 6.29 Å². The molecule has 0 fully saturated rings. The molecular formula is C18H14F2O. The van der Waals surface area contributed by atoms with Crippen LogP contribution in [0, 0.1) is 11.6 Å². The minimum absolute atomic E-state index is 0.321. The fourth-order valence-corrected chi connectivity index (χ4v) is 2.12. The van der Waals surface area contributed by atoms with E-state index in [1.54, 1.807) is 30.3 Å². The van der Waals surface area contributed by atoms with E-state index in [1.165, 1.54) is 30.3 Å². The van der Waals surface area contributed by atoms with Gasteiger partial charge in [-0.1, -0.05) is 30.3 Å². The van der Waals surface area contributed by atoms with E-state index in [9.17, 15) is 13.6 Å². The summed E-state index contributed by atoms with van der Waals surface area (Å²) in [4.78, 5) is 10.5. The highest BCUT2D eigenvalue weighted by Crippen LogP contribution is 2.28. The molecule has 0 unspecified atom stereocenters. The van der Waals surface area contributed by atoms with Crippen LogP contribution >= 0.6 is 0 Å². The van der Waals surface area contributed by atoms with Crippen molar-refractivity contribution in [2.75, 3.05) is 0 Å². The predicted molar refractivity (Wildman–Crippen MR) is 79.7 cm³/mol. The summed E-state index contributed by atoms with van der Waals surface area (Å²) in [5, 5.41) is 0. The van der Waals surface area contributed by atoms with E-state index in [1.807, 2.05) is 6.92 Å². The maximum atomic E-state index is 13.1. The Morgan fingerprint density at radius 3 is 1.67 bits per heavy atom. The molecule has 0 aliphatic rings. The lowest BCUT2D eigenvalue weighted by atomic mass is 9.93. The Hall–Kier alpha value is -2.55. The van der Waals surface area contributed by atoms with Crippen LogP contribution in [0.4, 0.5) is 8.78 Å². The molecule has 21 heavy (non-hydrogen) atoms. The molecule has 2 rings (SSSR count). The molecule has 106 valence electrons. The maximum absolute atomic E-state index is 13.1. The molecule has 0 aliphatic heterocycles. The van der Waals surface area contributed by atoms with Crippen molar-refractivity contribution in [3.05, 3.63) is 89.0 Å². The Kier molecular flexibility index (Phi) is 4.77. The van der Waals surface area contributed by atoms with Crippen molar-refractivity contribution in [1.82, 2.24) is 0 Å². The van der Waals surface area contributed by atoms with Gasteiger partial charge in [0.2, 0.25) is 0 Å². The van der Waals surface area contributed by atoms with Gasteiger partial charge in [0, 0.05) is 0 Å². The summed E-state index contributed by atoms with van der Waals surface area (Å²) in [6, 6.07) is 12.1. The number of benzene rings is 2. The number of aldehydes is 1. The number of rotatable bonds is 4. The summed E-state index contributed by atoms with van der Waals surface area (Å²) in [6.45, 7) is 1.85. The van der Waals surface area contributed by atoms with Crippen molar-refractivity contribution in [2.45, 2.75) is 6.92 Å². The lowest BCUT2D eigenvalue weighted by Gasteiger charge is -2.11. The lowest BCUT2D eigenvalue weighted by molar-refractivity contribution is -0.104. The Labute approximate surface area is 122 Å². The van der Waals surface area contributed by atoms with Crippen molar-refractivity contribution in [1.29, 1.82) is 0 Å². The fraction of sp³-hybridized carbons (Fsp3) is 0.0556. The second kappa shape index (κ2) is 6.75. The van der Waals surface area contributed by atoms with Gasteiger partial charge in [0.15, 0.2) is 0 Å². The second-order valence-corrected chi connectivity index (χ2v) is 4.57. The van der Waals surface area contributed by atoms with Crippen LogP contribution in [-0.4, -0.2) is 6.29 Å². The van der Waals surface area contributed by atoms with Gasteiger partial charge in [-0.25, -0.2) is 8.78 Å². The third-order valence-electron chi connectivity index (χ3n) is 3.08. The summed E-state index contributed by atoms with van der Waals surface area (Å²) in [7, 11) is 0. The fourth-order valence-electron chi connectivity index (χ4n) is 2.12. The minimum Gasteiger partial charge on any atom is -0.299 e. The first-order chi connectivity index (χ1) is 10.1. The average molecular weight is 284 g/mol. The van der Waals surface area contributed by atoms with Crippen molar-refractivity contribution >= 4 is 11.9 Å². The van der Waals surface area contributed by atoms with Gasteiger partial charge in [-0.05, 0) is 59.5 Å². The van der Waals surface area contributed by atoms with Crippen molar-refractivity contribution < 1.29 is 13.6 Å². The molecule has 0 heterocycles. The first-order valence-corrected chi connectivity index (χ1v) is 6.46. The molecule has 0 aromatic heterocycles. The van der Waals surface area contributed by atoms with Gasteiger partial charge < -0.3 is 0 Å². The molecule has 0 N–H and O–H groups in total. The molecule has 0 radical (unpaired) electrons. The van der Waals surface area contributed by atoms with Crippen molar-refractivity contribution in [3.8, 4) is 0 Å². The highest BCUT2D eigenvalue weighted by molar-refractivity contribution is 5.84. The van der Waals surface area contributed by atoms with E-state index >= 15 is 0 Å². The predicted octanol–water partition coefficient (Wildman–Crippen LogP) is 4.54. The number of carbonyl (C=O) groups excluding carboxylic acids is 1. The number of carbonyl (C=O) groups is 1. The van der Waals surface area contributed by atoms with Crippen molar-refractivity contribution in [2.24, 2.45) is 0 Å². The Morgan fingerprint density at radius 1 is 0.857 bits per heavy atom. The molecule has 0 bridgehead atoms. The quantitative estimate of drug-likeness (QED) is 0.457. The molecule has 3 heteroatoms. The summed E-state index contributed by atoms with van der Waals surface area (Å²) in [6.07, 6.45) is 3.76. The molecule has 1 nitrogen and oxygen atoms in total.